The lowest BCUT2D eigenvalue weighted by molar-refractivity contribution is -0.231. The predicted octanol–water partition coefficient (Wildman–Crippen LogP) is 2.46. The van der Waals surface area contributed by atoms with Crippen LogP contribution in [-0.4, -0.2) is 59.3 Å². The number of carbonyl (C=O) groups excluding carboxylic acids is 1. The number of methoxy groups -OCH3 is 1. The minimum absolute atomic E-state index is 0.108. The third-order valence-electron chi connectivity index (χ3n) is 5.46. The number of anilines is 1. The molecule has 0 bridgehead atoms. The van der Waals surface area contributed by atoms with Crippen molar-refractivity contribution in [1.29, 1.82) is 0 Å². The van der Waals surface area contributed by atoms with Crippen LogP contribution < -0.4 is 11.1 Å². The van der Waals surface area contributed by atoms with E-state index >= 15 is 0 Å². The van der Waals surface area contributed by atoms with Gasteiger partial charge in [0, 0.05) is 32.0 Å². The van der Waals surface area contributed by atoms with Gasteiger partial charge in [-0.05, 0) is 43.7 Å². The normalized spacial score (nSPS) is 20.3. The van der Waals surface area contributed by atoms with Gasteiger partial charge in [0.1, 0.15) is 5.82 Å². The standard InChI is InChI=1S/C23H27FN6O4/c1-23(21(31)26-9-3-11-32-2)12-33-20(34-13-23)19-29-17(14-4-6-15(24)7-5-14)18(30-19)16-8-10-27-22(25)28-16/h4-8,10,20H,3,9,11-13H2,1-2H3,(H,26,31)(H,29,30)(H2,25,27,28). The van der Waals surface area contributed by atoms with Gasteiger partial charge >= 0.3 is 0 Å². The Balaban J connectivity index is 1.54. The molecule has 1 aliphatic rings. The summed E-state index contributed by atoms with van der Waals surface area (Å²) < 4.78 is 30.3. The number of aromatic nitrogens is 4. The van der Waals surface area contributed by atoms with E-state index in [9.17, 15) is 9.18 Å². The molecular formula is C23H27FN6O4. The highest BCUT2D eigenvalue weighted by atomic mass is 19.1. The van der Waals surface area contributed by atoms with Crippen molar-refractivity contribution in [1.82, 2.24) is 25.3 Å². The average Bonchev–Trinajstić information content (AvgIpc) is 3.28. The Kier molecular flexibility index (Phi) is 7.15. The lowest BCUT2D eigenvalue weighted by atomic mass is 9.91. The van der Waals surface area contributed by atoms with Crippen molar-refractivity contribution in [2.45, 2.75) is 19.6 Å². The van der Waals surface area contributed by atoms with Crippen molar-refractivity contribution in [2.24, 2.45) is 5.41 Å². The molecule has 10 nitrogen and oxygen atoms in total. The smallest absolute Gasteiger partial charge is 0.230 e. The van der Waals surface area contributed by atoms with Crippen LogP contribution in [0, 0.1) is 11.2 Å². The van der Waals surface area contributed by atoms with E-state index in [-0.39, 0.29) is 30.9 Å². The first kappa shape index (κ1) is 23.7. The molecule has 1 amide bonds. The number of amides is 1. The van der Waals surface area contributed by atoms with E-state index in [4.69, 9.17) is 19.9 Å². The first-order valence-electron chi connectivity index (χ1n) is 10.8. The number of ether oxygens (including phenoxy) is 3. The lowest BCUT2D eigenvalue weighted by Gasteiger charge is -2.35. The van der Waals surface area contributed by atoms with Gasteiger partial charge in [0.2, 0.25) is 18.1 Å². The number of nitrogens with zero attached hydrogens (tertiary/aromatic N) is 3. The maximum atomic E-state index is 13.5. The van der Waals surface area contributed by atoms with Gasteiger partial charge in [-0.25, -0.2) is 19.3 Å². The van der Waals surface area contributed by atoms with Crippen molar-refractivity contribution in [3.63, 3.8) is 0 Å². The number of aromatic amines is 1. The molecule has 2 aromatic heterocycles. The zero-order valence-corrected chi connectivity index (χ0v) is 19.0. The van der Waals surface area contributed by atoms with Crippen molar-refractivity contribution < 1.29 is 23.4 Å². The number of hydrogen-bond acceptors (Lipinski definition) is 8. The largest absolute Gasteiger partial charge is 0.385 e. The Hall–Kier alpha value is -3.41. The summed E-state index contributed by atoms with van der Waals surface area (Å²) in [5, 5.41) is 2.89. The molecule has 3 aromatic rings. The SMILES string of the molecule is COCCCNC(=O)C1(C)COC(c2nc(-c3ccc(F)cc3)c(-c3ccnc(N)n3)[nH]2)OC1. The number of carbonyl (C=O) groups is 1. The summed E-state index contributed by atoms with van der Waals surface area (Å²) in [4.78, 5) is 28.7. The van der Waals surface area contributed by atoms with Crippen LogP contribution in [0.5, 0.6) is 0 Å². The second-order valence-corrected chi connectivity index (χ2v) is 8.27. The number of benzene rings is 1. The summed E-state index contributed by atoms with van der Waals surface area (Å²) in [6, 6.07) is 7.64. The summed E-state index contributed by atoms with van der Waals surface area (Å²) in [6.45, 7) is 3.17. The third-order valence-corrected chi connectivity index (χ3v) is 5.46. The topological polar surface area (TPSA) is 137 Å². The first-order chi connectivity index (χ1) is 16.4. The number of halogens is 1. The molecule has 1 aliphatic heterocycles. The zero-order chi connectivity index (χ0) is 24.1. The Labute approximate surface area is 196 Å². The predicted molar refractivity (Wildman–Crippen MR) is 122 cm³/mol. The molecule has 0 atom stereocenters. The fourth-order valence-electron chi connectivity index (χ4n) is 3.55. The molecule has 1 fully saturated rings. The van der Waals surface area contributed by atoms with E-state index in [1.165, 1.54) is 18.3 Å². The van der Waals surface area contributed by atoms with Gasteiger partial charge < -0.3 is 30.2 Å². The van der Waals surface area contributed by atoms with Crippen LogP contribution in [0.4, 0.5) is 10.3 Å². The average molecular weight is 471 g/mol. The Bertz CT molecular complexity index is 1130. The fraction of sp³-hybridized carbons (Fsp3) is 0.391. The molecule has 3 heterocycles. The molecule has 1 saturated heterocycles. The van der Waals surface area contributed by atoms with Crippen LogP contribution in [0.15, 0.2) is 36.5 Å². The van der Waals surface area contributed by atoms with E-state index in [1.807, 2.05) is 0 Å². The molecule has 0 unspecified atom stereocenters. The molecule has 0 spiro atoms. The summed E-state index contributed by atoms with van der Waals surface area (Å²) in [7, 11) is 1.62. The molecule has 1 aromatic carbocycles. The van der Waals surface area contributed by atoms with E-state index in [0.29, 0.717) is 41.6 Å². The van der Waals surface area contributed by atoms with Gasteiger partial charge in [-0.15, -0.1) is 0 Å². The highest BCUT2D eigenvalue weighted by molar-refractivity contribution is 5.82. The second-order valence-electron chi connectivity index (χ2n) is 8.27. The summed E-state index contributed by atoms with van der Waals surface area (Å²) >= 11 is 0. The van der Waals surface area contributed by atoms with E-state index < -0.39 is 11.7 Å². The molecular weight excluding hydrogens is 443 g/mol. The molecule has 34 heavy (non-hydrogen) atoms. The molecule has 180 valence electrons. The number of imidazole rings is 1. The molecule has 0 radical (unpaired) electrons. The highest BCUT2D eigenvalue weighted by Gasteiger charge is 2.40. The van der Waals surface area contributed by atoms with Gasteiger partial charge in [0.05, 0.1) is 35.7 Å². The number of nitrogens with two attached hydrogens (primary N) is 1. The number of nitrogen functional groups attached to an aromatic ring is 1. The van der Waals surface area contributed by atoms with Crippen LogP contribution in [0.2, 0.25) is 0 Å². The maximum absolute atomic E-state index is 13.5. The van der Waals surface area contributed by atoms with Gasteiger partial charge in [0.25, 0.3) is 0 Å². The van der Waals surface area contributed by atoms with Crippen LogP contribution in [0.1, 0.15) is 25.5 Å². The Morgan fingerprint density at radius 1 is 1.26 bits per heavy atom. The maximum Gasteiger partial charge on any atom is 0.230 e. The quantitative estimate of drug-likeness (QED) is 0.427. The Morgan fingerprint density at radius 3 is 2.68 bits per heavy atom. The van der Waals surface area contributed by atoms with Crippen molar-refractivity contribution in [3.05, 3.63) is 48.2 Å². The van der Waals surface area contributed by atoms with Gasteiger partial charge in [0.15, 0.2) is 5.82 Å². The van der Waals surface area contributed by atoms with Crippen molar-refractivity contribution >= 4 is 11.9 Å². The summed E-state index contributed by atoms with van der Waals surface area (Å²) in [5.74, 6) is 0.00179. The van der Waals surface area contributed by atoms with Gasteiger partial charge in [-0.1, -0.05) is 0 Å². The van der Waals surface area contributed by atoms with Gasteiger partial charge in [-0.2, -0.15) is 0 Å². The van der Waals surface area contributed by atoms with Crippen LogP contribution in [-0.2, 0) is 19.0 Å². The fourth-order valence-corrected chi connectivity index (χ4v) is 3.55. The van der Waals surface area contributed by atoms with Crippen molar-refractivity contribution in [3.8, 4) is 22.6 Å². The van der Waals surface area contributed by atoms with E-state index in [1.54, 1.807) is 32.2 Å². The molecule has 0 aliphatic carbocycles. The highest BCUT2D eigenvalue weighted by Crippen LogP contribution is 2.35. The van der Waals surface area contributed by atoms with Crippen molar-refractivity contribution in [2.75, 3.05) is 39.2 Å². The molecule has 4 N–H and O–H groups in total. The number of nitrogens with one attached hydrogen (secondary N) is 2. The van der Waals surface area contributed by atoms with Crippen LogP contribution in [0.3, 0.4) is 0 Å². The van der Waals surface area contributed by atoms with E-state index in [2.05, 4.69) is 25.3 Å². The second kappa shape index (κ2) is 10.2. The minimum Gasteiger partial charge on any atom is -0.385 e. The Morgan fingerprint density at radius 2 is 2.00 bits per heavy atom. The summed E-state index contributed by atoms with van der Waals surface area (Å²) in [5.41, 5.74) is 7.21. The molecule has 4 rings (SSSR count). The monoisotopic (exact) mass is 470 g/mol. The molecule has 11 heteroatoms. The minimum atomic E-state index is -0.833. The number of hydrogen-bond donors (Lipinski definition) is 3. The van der Waals surface area contributed by atoms with Gasteiger partial charge in [-0.3, -0.25) is 4.79 Å². The third kappa shape index (κ3) is 5.22. The number of rotatable bonds is 8. The lowest BCUT2D eigenvalue weighted by Crippen LogP contribution is -2.48. The van der Waals surface area contributed by atoms with Crippen LogP contribution >= 0.6 is 0 Å². The summed E-state index contributed by atoms with van der Waals surface area (Å²) in [6.07, 6.45) is 1.44. The number of H-pyrrole nitrogens is 1. The van der Waals surface area contributed by atoms with E-state index in [0.717, 1.165) is 6.42 Å². The molecule has 0 saturated carbocycles. The van der Waals surface area contributed by atoms with Crippen LogP contribution in [0.25, 0.3) is 22.6 Å². The zero-order valence-electron chi connectivity index (χ0n) is 19.0. The first-order valence-corrected chi connectivity index (χ1v) is 10.8.